The number of hydrogen-bond acceptors (Lipinski definition) is 2. The lowest BCUT2D eigenvalue weighted by molar-refractivity contribution is 0.101. The van der Waals surface area contributed by atoms with Crippen molar-refractivity contribution in [1.82, 2.24) is 0 Å². The number of rotatable bonds is 4. The first-order chi connectivity index (χ1) is 6.25. The van der Waals surface area contributed by atoms with Crippen molar-refractivity contribution in [1.29, 1.82) is 0 Å². The fraction of sp³-hybridized carbons (Fsp3) is 0.273. The van der Waals surface area contributed by atoms with Gasteiger partial charge in [-0.25, -0.2) is 0 Å². The molecule has 0 aliphatic rings. The number of benzene rings is 1. The largest absolute Gasteiger partial charge is 0.384 e. The quantitative estimate of drug-likeness (QED) is 0.714. The van der Waals surface area contributed by atoms with Crippen LogP contribution in [0.15, 0.2) is 24.3 Å². The van der Waals surface area contributed by atoms with Crippen molar-refractivity contribution in [2.45, 2.75) is 13.8 Å². The first-order valence-electron chi connectivity index (χ1n) is 4.37. The van der Waals surface area contributed by atoms with Crippen molar-refractivity contribution in [3.63, 3.8) is 0 Å². The van der Waals surface area contributed by atoms with E-state index in [2.05, 4.69) is 5.32 Å². The zero-order chi connectivity index (χ0) is 9.68. The van der Waals surface area contributed by atoms with Gasteiger partial charge in [0.25, 0.3) is 0 Å². The van der Waals surface area contributed by atoms with E-state index in [0.717, 1.165) is 17.8 Å². The lowest BCUT2D eigenvalue weighted by Gasteiger charge is -2.08. The summed E-state index contributed by atoms with van der Waals surface area (Å²) in [6.45, 7) is 4.34. The predicted molar refractivity (Wildman–Crippen MR) is 54.9 cm³/mol. The standard InChI is InChI=1S/C11H14NO/c1-3-8-12-11-7-5-4-6-10(11)9(2)13/h3-7,12H,8H2,1-2H3. The number of para-hydroxylation sites is 1. The van der Waals surface area contributed by atoms with Gasteiger partial charge in [0, 0.05) is 17.8 Å². The van der Waals surface area contributed by atoms with E-state index in [9.17, 15) is 4.79 Å². The Hall–Kier alpha value is -1.31. The fourth-order valence-electron chi connectivity index (χ4n) is 1.16. The number of carbonyl (C=O) groups is 1. The molecule has 1 N–H and O–H groups in total. The molecule has 1 aromatic rings. The zero-order valence-electron chi connectivity index (χ0n) is 8.00. The maximum Gasteiger partial charge on any atom is 0.161 e. The van der Waals surface area contributed by atoms with Gasteiger partial charge < -0.3 is 5.32 Å². The van der Waals surface area contributed by atoms with Crippen LogP contribution in [0.25, 0.3) is 0 Å². The number of nitrogens with one attached hydrogen (secondary N) is 1. The Kier molecular flexibility index (Phi) is 3.50. The van der Waals surface area contributed by atoms with Crippen LogP contribution in [0.2, 0.25) is 0 Å². The van der Waals surface area contributed by atoms with Gasteiger partial charge in [-0.2, -0.15) is 0 Å². The van der Waals surface area contributed by atoms with Crippen molar-refractivity contribution in [2.24, 2.45) is 0 Å². The second kappa shape index (κ2) is 4.65. The molecule has 0 saturated carbocycles. The molecule has 13 heavy (non-hydrogen) atoms. The summed E-state index contributed by atoms with van der Waals surface area (Å²) >= 11 is 0. The van der Waals surface area contributed by atoms with Crippen molar-refractivity contribution in [2.75, 3.05) is 11.9 Å². The van der Waals surface area contributed by atoms with Gasteiger partial charge in [-0.05, 0) is 25.5 Å². The van der Waals surface area contributed by atoms with Crippen LogP contribution in [0.4, 0.5) is 5.69 Å². The van der Waals surface area contributed by atoms with Crippen LogP contribution >= 0.6 is 0 Å². The Labute approximate surface area is 79.0 Å². The minimum absolute atomic E-state index is 0.0965. The van der Waals surface area contributed by atoms with E-state index in [1.54, 1.807) is 6.92 Å². The monoisotopic (exact) mass is 176 g/mol. The molecule has 1 radical (unpaired) electrons. The van der Waals surface area contributed by atoms with Gasteiger partial charge in [-0.15, -0.1) is 0 Å². The molecule has 69 valence electrons. The molecule has 0 aromatic heterocycles. The van der Waals surface area contributed by atoms with Gasteiger partial charge in [0.05, 0.1) is 0 Å². The van der Waals surface area contributed by atoms with E-state index in [1.165, 1.54) is 0 Å². The summed E-state index contributed by atoms with van der Waals surface area (Å²) in [5.74, 6) is 0.0965. The molecule has 1 rings (SSSR count). The Balaban J connectivity index is 2.84. The molecule has 2 heteroatoms. The highest BCUT2D eigenvalue weighted by atomic mass is 16.1. The van der Waals surface area contributed by atoms with E-state index in [-0.39, 0.29) is 5.78 Å². The van der Waals surface area contributed by atoms with E-state index in [0.29, 0.717) is 0 Å². The van der Waals surface area contributed by atoms with Crippen molar-refractivity contribution < 1.29 is 4.79 Å². The molecular formula is C11H14NO. The van der Waals surface area contributed by atoms with Crippen LogP contribution in [0.1, 0.15) is 24.2 Å². The Bertz CT molecular complexity index is 294. The fourth-order valence-corrected chi connectivity index (χ4v) is 1.16. The lowest BCUT2D eigenvalue weighted by atomic mass is 10.1. The van der Waals surface area contributed by atoms with Crippen LogP contribution in [0.3, 0.4) is 0 Å². The van der Waals surface area contributed by atoms with E-state index < -0.39 is 0 Å². The zero-order valence-corrected chi connectivity index (χ0v) is 8.00. The summed E-state index contributed by atoms with van der Waals surface area (Å²) in [5, 5.41) is 3.17. The summed E-state index contributed by atoms with van der Waals surface area (Å²) in [6.07, 6.45) is 2.01. The second-order valence-corrected chi connectivity index (χ2v) is 2.89. The van der Waals surface area contributed by atoms with E-state index in [1.807, 2.05) is 37.6 Å². The first kappa shape index (κ1) is 9.78. The van der Waals surface area contributed by atoms with Crippen LogP contribution in [0, 0.1) is 6.42 Å². The second-order valence-electron chi connectivity index (χ2n) is 2.89. The maximum atomic E-state index is 11.2. The minimum atomic E-state index is 0.0965. The molecule has 0 aliphatic carbocycles. The van der Waals surface area contributed by atoms with Gasteiger partial charge in [0.2, 0.25) is 0 Å². The van der Waals surface area contributed by atoms with Gasteiger partial charge in [0.15, 0.2) is 5.78 Å². The summed E-state index contributed by atoms with van der Waals surface area (Å²) < 4.78 is 0. The van der Waals surface area contributed by atoms with Gasteiger partial charge in [0.1, 0.15) is 0 Å². The van der Waals surface area contributed by atoms with Crippen molar-refractivity contribution in [3.8, 4) is 0 Å². The number of Topliss-reactive ketones (excluding diaryl/α,β-unsaturated/α-hetero) is 1. The highest BCUT2D eigenvalue weighted by Crippen LogP contribution is 2.14. The third kappa shape index (κ3) is 2.58. The summed E-state index contributed by atoms with van der Waals surface area (Å²) in [5.41, 5.74) is 1.66. The smallest absolute Gasteiger partial charge is 0.161 e. The summed E-state index contributed by atoms with van der Waals surface area (Å²) in [6, 6.07) is 7.54. The molecule has 0 spiro atoms. The maximum absolute atomic E-state index is 11.2. The number of hydrogen-bond donors (Lipinski definition) is 1. The van der Waals surface area contributed by atoms with Gasteiger partial charge >= 0.3 is 0 Å². The normalized spacial score (nSPS) is 9.69. The molecule has 0 aliphatic heterocycles. The molecule has 0 fully saturated rings. The average Bonchev–Trinajstić information content (AvgIpc) is 2.15. The Morgan fingerprint density at radius 1 is 1.46 bits per heavy atom. The third-order valence-electron chi connectivity index (χ3n) is 1.80. The topological polar surface area (TPSA) is 29.1 Å². The van der Waals surface area contributed by atoms with E-state index in [4.69, 9.17) is 0 Å². The molecule has 1 aromatic carbocycles. The Morgan fingerprint density at radius 2 is 2.15 bits per heavy atom. The number of ketones is 1. The lowest BCUT2D eigenvalue weighted by Crippen LogP contribution is -2.05. The molecule has 0 saturated heterocycles. The van der Waals surface area contributed by atoms with Crippen LogP contribution in [-0.2, 0) is 0 Å². The van der Waals surface area contributed by atoms with Gasteiger partial charge in [-0.1, -0.05) is 19.1 Å². The van der Waals surface area contributed by atoms with Crippen LogP contribution in [0.5, 0.6) is 0 Å². The molecule has 0 amide bonds. The summed E-state index contributed by atoms with van der Waals surface area (Å²) in [4.78, 5) is 11.2. The van der Waals surface area contributed by atoms with Crippen LogP contribution in [-0.4, -0.2) is 12.3 Å². The molecule has 0 heterocycles. The predicted octanol–water partition coefficient (Wildman–Crippen LogP) is 2.53. The highest BCUT2D eigenvalue weighted by molar-refractivity contribution is 5.99. The minimum Gasteiger partial charge on any atom is -0.384 e. The van der Waals surface area contributed by atoms with Crippen molar-refractivity contribution in [3.05, 3.63) is 36.2 Å². The average molecular weight is 176 g/mol. The van der Waals surface area contributed by atoms with E-state index >= 15 is 0 Å². The number of anilines is 1. The SMILES string of the molecule is C[CH]CNc1ccccc1C(C)=O. The highest BCUT2D eigenvalue weighted by Gasteiger charge is 2.04. The first-order valence-corrected chi connectivity index (χ1v) is 4.37. The summed E-state index contributed by atoms with van der Waals surface area (Å²) in [7, 11) is 0. The molecule has 0 atom stereocenters. The molecular weight excluding hydrogens is 162 g/mol. The van der Waals surface area contributed by atoms with Gasteiger partial charge in [-0.3, -0.25) is 4.79 Å². The third-order valence-corrected chi connectivity index (χ3v) is 1.80. The molecule has 2 nitrogen and oxygen atoms in total. The van der Waals surface area contributed by atoms with Crippen molar-refractivity contribution >= 4 is 11.5 Å². The van der Waals surface area contributed by atoms with Crippen LogP contribution < -0.4 is 5.32 Å². The molecule has 0 unspecified atom stereocenters. The number of carbonyl (C=O) groups excluding carboxylic acids is 1. The Morgan fingerprint density at radius 3 is 2.77 bits per heavy atom. The molecule has 0 bridgehead atoms.